The normalized spacial score (nSPS) is 21.3. The molecule has 5 rings (SSSR count). The van der Waals surface area contributed by atoms with Crippen molar-refractivity contribution >= 4 is 11.9 Å². The largest absolute Gasteiger partial charge is 0.441 e. The minimum absolute atomic E-state index is 0.104. The number of benzene rings is 2. The Labute approximate surface area is 187 Å². The third kappa shape index (κ3) is 3.80. The number of nitrogens with zero attached hydrogens (tertiary/aromatic N) is 3. The number of rotatable bonds is 5. The molecule has 1 atom stereocenters. The van der Waals surface area contributed by atoms with Gasteiger partial charge < -0.3 is 9.73 Å². The zero-order valence-electron chi connectivity index (χ0n) is 18.1. The highest BCUT2D eigenvalue weighted by Crippen LogP contribution is 2.31. The van der Waals surface area contributed by atoms with Gasteiger partial charge in [0.1, 0.15) is 17.0 Å². The van der Waals surface area contributed by atoms with E-state index in [9.17, 15) is 9.59 Å². The molecule has 0 saturated carbocycles. The van der Waals surface area contributed by atoms with Crippen LogP contribution in [0.1, 0.15) is 29.9 Å². The zero-order chi connectivity index (χ0) is 22.1. The lowest BCUT2D eigenvalue weighted by Gasteiger charge is -2.38. The highest BCUT2D eigenvalue weighted by Gasteiger charge is 2.53. The van der Waals surface area contributed by atoms with Crippen LogP contribution in [0.2, 0.25) is 0 Å². The molecule has 7 heteroatoms. The molecular formula is C25H26N4O3. The highest BCUT2D eigenvalue weighted by molar-refractivity contribution is 6.07. The first-order valence-electron chi connectivity index (χ1n) is 11.0. The van der Waals surface area contributed by atoms with E-state index in [1.54, 1.807) is 0 Å². The van der Waals surface area contributed by atoms with Gasteiger partial charge in [-0.1, -0.05) is 48.5 Å². The third-order valence-corrected chi connectivity index (χ3v) is 6.29. The van der Waals surface area contributed by atoms with Crippen molar-refractivity contribution in [1.29, 1.82) is 0 Å². The Hall–Kier alpha value is -3.45. The number of carbonyl (C=O) groups excluding carboxylic acids is 2. The number of aryl methyl sites for hydroxylation is 1. The molecule has 1 spiro atoms. The van der Waals surface area contributed by atoms with Gasteiger partial charge in [0.15, 0.2) is 0 Å². The van der Waals surface area contributed by atoms with E-state index < -0.39 is 5.54 Å². The van der Waals surface area contributed by atoms with Gasteiger partial charge in [-0.15, -0.1) is 0 Å². The molecule has 3 aromatic rings. The molecule has 32 heavy (non-hydrogen) atoms. The number of imide groups is 1. The monoisotopic (exact) mass is 430 g/mol. The Kier molecular flexibility index (Phi) is 5.27. The lowest BCUT2D eigenvalue weighted by Crippen LogP contribution is -2.58. The first kappa shape index (κ1) is 20.5. The van der Waals surface area contributed by atoms with Gasteiger partial charge in [0.25, 0.3) is 5.91 Å². The molecule has 2 aliphatic heterocycles. The van der Waals surface area contributed by atoms with Crippen LogP contribution < -0.4 is 5.32 Å². The van der Waals surface area contributed by atoms with Crippen LogP contribution in [0.4, 0.5) is 4.79 Å². The van der Waals surface area contributed by atoms with Gasteiger partial charge in [0.05, 0.1) is 6.54 Å². The number of nitrogens with one attached hydrogen (secondary N) is 1. The fourth-order valence-electron chi connectivity index (χ4n) is 4.65. The smallest absolute Gasteiger partial charge is 0.325 e. The summed E-state index contributed by atoms with van der Waals surface area (Å²) < 4.78 is 5.81. The van der Waals surface area contributed by atoms with Gasteiger partial charge in [0.2, 0.25) is 5.89 Å². The van der Waals surface area contributed by atoms with E-state index in [0.29, 0.717) is 30.3 Å². The van der Waals surface area contributed by atoms with Gasteiger partial charge in [-0.05, 0) is 44.0 Å². The van der Waals surface area contributed by atoms with Crippen LogP contribution in [0.3, 0.4) is 0 Å². The number of amides is 3. The van der Waals surface area contributed by atoms with Crippen molar-refractivity contribution in [3.05, 3.63) is 77.7 Å². The van der Waals surface area contributed by atoms with Gasteiger partial charge >= 0.3 is 6.03 Å². The molecule has 1 aromatic heterocycles. The summed E-state index contributed by atoms with van der Waals surface area (Å²) in [6, 6.07) is 19.4. The molecule has 3 heterocycles. The Morgan fingerprint density at radius 3 is 2.50 bits per heavy atom. The summed E-state index contributed by atoms with van der Waals surface area (Å²) in [7, 11) is 0. The number of likely N-dealkylation sites (tertiary alicyclic amines) is 1. The van der Waals surface area contributed by atoms with Crippen LogP contribution in [0, 0.1) is 6.92 Å². The van der Waals surface area contributed by atoms with E-state index in [0.717, 1.165) is 25.1 Å². The molecule has 2 aromatic carbocycles. The molecule has 7 nitrogen and oxygen atoms in total. The highest BCUT2D eigenvalue weighted by atomic mass is 16.4. The average Bonchev–Trinajstić information content (AvgIpc) is 3.28. The second kappa shape index (κ2) is 8.24. The molecule has 0 aliphatic carbocycles. The molecule has 164 valence electrons. The van der Waals surface area contributed by atoms with Gasteiger partial charge in [-0.2, -0.15) is 0 Å². The number of piperidine rings is 1. The summed E-state index contributed by atoms with van der Waals surface area (Å²) in [6.07, 6.45) is 1.50. The number of carbonyl (C=O) groups is 2. The van der Waals surface area contributed by atoms with Crippen molar-refractivity contribution in [2.45, 2.75) is 38.4 Å². The van der Waals surface area contributed by atoms with Crippen LogP contribution in [0.15, 0.2) is 65.1 Å². The van der Waals surface area contributed by atoms with Gasteiger partial charge in [-0.3, -0.25) is 14.6 Å². The minimum Gasteiger partial charge on any atom is -0.441 e. The Morgan fingerprint density at radius 2 is 1.75 bits per heavy atom. The van der Waals surface area contributed by atoms with Crippen LogP contribution in [0.25, 0.3) is 11.5 Å². The second-order valence-electron chi connectivity index (χ2n) is 8.59. The molecular weight excluding hydrogens is 404 g/mol. The number of aromatic nitrogens is 1. The van der Waals surface area contributed by atoms with E-state index in [2.05, 4.69) is 27.3 Å². The second-order valence-corrected chi connectivity index (χ2v) is 8.59. The maximum Gasteiger partial charge on any atom is 0.325 e. The SMILES string of the molecule is Cc1oc(-c2ccccc2)nc1CN1C(=O)NC2(CCCN(Cc3ccccc3)C2)C1=O. The maximum atomic E-state index is 13.4. The molecule has 0 radical (unpaired) electrons. The number of oxazole rings is 1. The van der Waals surface area contributed by atoms with Crippen molar-refractivity contribution in [3.8, 4) is 11.5 Å². The number of hydrogen-bond donors (Lipinski definition) is 1. The van der Waals surface area contributed by atoms with Gasteiger partial charge in [0, 0.05) is 18.7 Å². The lowest BCUT2D eigenvalue weighted by atomic mass is 9.88. The van der Waals surface area contributed by atoms with Crippen molar-refractivity contribution in [3.63, 3.8) is 0 Å². The quantitative estimate of drug-likeness (QED) is 0.624. The molecule has 3 amide bonds. The van der Waals surface area contributed by atoms with E-state index in [4.69, 9.17) is 4.42 Å². The van der Waals surface area contributed by atoms with Crippen LogP contribution >= 0.6 is 0 Å². The predicted octanol–water partition coefficient (Wildman–Crippen LogP) is 3.74. The van der Waals surface area contributed by atoms with Crippen molar-refractivity contribution in [1.82, 2.24) is 20.1 Å². The summed E-state index contributed by atoms with van der Waals surface area (Å²) in [6.45, 7) is 4.09. The van der Waals surface area contributed by atoms with Crippen molar-refractivity contribution in [2.75, 3.05) is 13.1 Å². The van der Waals surface area contributed by atoms with Gasteiger partial charge in [-0.25, -0.2) is 9.78 Å². The standard InChI is InChI=1S/C25H26N4O3/c1-18-21(26-22(32-18)20-11-6-3-7-12-20)16-29-23(30)25(27-24(29)31)13-8-14-28(17-25)15-19-9-4-2-5-10-19/h2-7,9-12H,8,13-17H2,1H3,(H,27,31). The zero-order valence-corrected chi connectivity index (χ0v) is 18.1. The number of hydrogen-bond acceptors (Lipinski definition) is 5. The topological polar surface area (TPSA) is 78.7 Å². The van der Waals surface area contributed by atoms with Crippen molar-refractivity contribution in [2.24, 2.45) is 0 Å². The molecule has 2 saturated heterocycles. The molecule has 1 unspecified atom stereocenters. The Balaban J connectivity index is 1.32. The van der Waals surface area contributed by atoms with Crippen LogP contribution in [-0.4, -0.2) is 45.4 Å². The predicted molar refractivity (Wildman–Crippen MR) is 119 cm³/mol. The van der Waals surface area contributed by atoms with Crippen LogP contribution in [-0.2, 0) is 17.9 Å². The van der Waals surface area contributed by atoms with Crippen molar-refractivity contribution < 1.29 is 14.0 Å². The Morgan fingerprint density at radius 1 is 1.03 bits per heavy atom. The van der Waals surface area contributed by atoms with Crippen LogP contribution in [0.5, 0.6) is 0 Å². The molecule has 2 aliphatic rings. The van der Waals surface area contributed by atoms with E-state index >= 15 is 0 Å². The fourth-order valence-corrected chi connectivity index (χ4v) is 4.65. The lowest BCUT2D eigenvalue weighted by molar-refractivity contribution is -0.133. The van der Waals surface area contributed by atoms with E-state index in [-0.39, 0.29) is 18.5 Å². The first-order valence-corrected chi connectivity index (χ1v) is 11.0. The molecule has 1 N–H and O–H groups in total. The molecule has 0 bridgehead atoms. The summed E-state index contributed by atoms with van der Waals surface area (Å²) in [4.78, 5) is 34.4. The minimum atomic E-state index is -0.871. The Bertz CT molecular complexity index is 1130. The maximum absolute atomic E-state index is 13.4. The van der Waals surface area contributed by atoms with E-state index in [1.807, 2.05) is 55.5 Å². The average molecular weight is 431 g/mol. The third-order valence-electron chi connectivity index (χ3n) is 6.29. The summed E-state index contributed by atoms with van der Waals surface area (Å²) in [5.41, 5.74) is 1.79. The molecule has 2 fully saturated rings. The van der Waals surface area contributed by atoms with E-state index in [1.165, 1.54) is 10.5 Å². The summed E-state index contributed by atoms with van der Waals surface area (Å²) in [5.74, 6) is 0.926. The fraction of sp³-hybridized carbons (Fsp3) is 0.320. The summed E-state index contributed by atoms with van der Waals surface area (Å²) in [5, 5.41) is 3.00. The number of urea groups is 1. The first-order chi connectivity index (χ1) is 15.5. The summed E-state index contributed by atoms with van der Waals surface area (Å²) >= 11 is 0.